The Hall–Kier alpha value is -2.74. The molecular weight excluding hydrogens is 405 g/mol. The maximum absolute atomic E-state index is 12.7. The highest BCUT2D eigenvalue weighted by Gasteiger charge is 2.28. The van der Waals surface area contributed by atoms with E-state index in [-0.39, 0.29) is 23.0 Å². The zero-order valence-corrected chi connectivity index (χ0v) is 16.9. The number of carbonyl (C=O) groups excluding carboxylic acids is 1. The molecule has 0 bridgehead atoms. The highest BCUT2D eigenvalue weighted by molar-refractivity contribution is 6.33. The Morgan fingerprint density at radius 2 is 2.00 bits per heavy atom. The number of nitrogens with zero attached hydrogens (tertiary/aromatic N) is 3. The predicted octanol–water partition coefficient (Wildman–Crippen LogP) is 4.93. The molecule has 1 N–H and O–H groups in total. The van der Waals surface area contributed by atoms with Crippen molar-refractivity contribution in [2.45, 2.75) is 26.1 Å². The lowest BCUT2D eigenvalue weighted by Crippen LogP contribution is -2.25. The molecule has 154 valence electrons. The number of anilines is 2. The monoisotopic (exact) mass is 424 g/mol. The number of aromatic nitrogens is 2. The molecule has 0 fully saturated rings. The van der Waals surface area contributed by atoms with Gasteiger partial charge in [-0.15, -0.1) is 0 Å². The van der Waals surface area contributed by atoms with E-state index in [2.05, 4.69) is 10.3 Å². The van der Waals surface area contributed by atoms with Gasteiger partial charge in [0.2, 0.25) is 5.91 Å². The first-order chi connectivity index (χ1) is 13.5. The Morgan fingerprint density at radius 1 is 1.28 bits per heavy atom. The van der Waals surface area contributed by atoms with Crippen LogP contribution in [0.4, 0.5) is 24.7 Å². The smallest absolute Gasteiger partial charge is 0.347 e. The van der Waals surface area contributed by atoms with Crippen molar-refractivity contribution in [3.63, 3.8) is 0 Å². The largest absolute Gasteiger partial charge is 0.393 e. The molecule has 3 aromatic rings. The van der Waals surface area contributed by atoms with E-state index in [0.29, 0.717) is 17.1 Å². The molecule has 5 nitrogen and oxygen atoms in total. The van der Waals surface area contributed by atoms with Gasteiger partial charge in [0.25, 0.3) is 0 Å². The van der Waals surface area contributed by atoms with E-state index in [1.165, 1.54) is 17.0 Å². The number of alkyl halides is 3. The maximum atomic E-state index is 12.7. The molecule has 2 heterocycles. The fourth-order valence-electron chi connectivity index (χ4n) is 3.07. The van der Waals surface area contributed by atoms with Crippen molar-refractivity contribution in [3.8, 4) is 0 Å². The molecule has 0 unspecified atom stereocenters. The van der Waals surface area contributed by atoms with Crippen LogP contribution in [0.5, 0.6) is 0 Å². The molecule has 0 radical (unpaired) electrons. The van der Waals surface area contributed by atoms with Crippen LogP contribution >= 0.6 is 11.6 Å². The van der Waals surface area contributed by atoms with E-state index >= 15 is 0 Å². The van der Waals surface area contributed by atoms with E-state index in [1.54, 1.807) is 39.5 Å². The number of halogens is 4. The van der Waals surface area contributed by atoms with Crippen LogP contribution < -0.4 is 5.32 Å². The number of benzene rings is 1. The maximum Gasteiger partial charge on any atom is 0.393 e. The minimum absolute atomic E-state index is 0.0482. The Bertz CT molecular complexity index is 1040. The van der Waals surface area contributed by atoms with Crippen LogP contribution in [0.25, 0.3) is 10.9 Å². The second-order valence-corrected chi connectivity index (χ2v) is 7.42. The van der Waals surface area contributed by atoms with Gasteiger partial charge in [0, 0.05) is 31.9 Å². The third-order valence-corrected chi connectivity index (χ3v) is 4.80. The van der Waals surface area contributed by atoms with Crippen molar-refractivity contribution in [2.75, 3.05) is 19.4 Å². The number of likely N-dealkylation sites (N-methyl/N-ethyl adjacent to an activating group) is 1. The molecule has 29 heavy (non-hydrogen) atoms. The SMILES string of the molecule is Cc1cc(CC(F)(F)F)cc(Cl)c1Nc1nccc2c1ccn2CC(=O)N(C)C. The van der Waals surface area contributed by atoms with Crippen molar-refractivity contribution >= 4 is 39.9 Å². The minimum Gasteiger partial charge on any atom is -0.347 e. The number of pyridine rings is 1. The van der Waals surface area contributed by atoms with Crippen LogP contribution in [-0.4, -0.2) is 40.6 Å². The topological polar surface area (TPSA) is 50.2 Å². The summed E-state index contributed by atoms with van der Waals surface area (Å²) in [6.45, 7) is 1.88. The van der Waals surface area contributed by atoms with Gasteiger partial charge in [0.15, 0.2) is 0 Å². The van der Waals surface area contributed by atoms with E-state index < -0.39 is 12.6 Å². The second kappa shape index (κ2) is 7.94. The van der Waals surface area contributed by atoms with Crippen molar-refractivity contribution in [1.82, 2.24) is 14.5 Å². The summed E-state index contributed by atoms with van der Waals surface area (Å²) in [5.74, 6) is 0.458. The van der Waals surface area contributed by atoms with Crippen molar-refractivity contribution < 1.29 is 18.0 Å². The van der Waals surface area contributed by atoms with E-state index in [1.807, 2.05) is 10.6 Å². The van der Waals surface area contributed by atoms with Gasteiger partial charge in [-0.25, -0.2) is 4.98 Å². The van der Waals surface area contributed by atoms with Crippen LogP contribution in [0.3, 0.4) is 0 Å². The summed E-state index contributed by atoms with van der Waals surface area (Å²) in [5, 5.41) is 4.09. The van der Waals surface area contributed by atoms with Crippen molar-refractivity contribution in [1.29, 1.82) is 0 Å². The molecule has 0 saturated carbocycles. The number of aryl methyl sites for hydroxylation is 1. The van der Waals surface area contributed by atoms with Crippen LogP contribution in [0.15, 0.2) is 36.7 Å². The molecule has 0 atom stereocenters. The van der Waals surface area contributed by atoms with Crippen LogP contribution in [-0.2, 0) is 17.8 Å². The quantitative estimate of drug-likeness (QED) is 0.631. The lowest BCUT2D eigenvalue weighted by atomic mass is 10.1. The Balaban J connectivity index is 1.93. The number of hydrogen-bond donors (Lipinski definition) is 1. The number of fused-ring (bicyclic) bond motifs is 1. The molecule has 0 aliphatic heterocycles. The molecule has 1 aromatic carbocycles. The van der Waals surface area contributed by atoms with Crippen LogP contribution in [0.2, 0.25) is 5.02 Å². The van der Waals surface area contributed by atoms with E-state index in [4.69, 9.17) is 11.6 Å². The Morgan fingerprint density at radius 3 is 2.62 bits per heavy atom. The first-order valence-corrected chi connectivity index (χ1v) is 9.20. The number of amides is 1. The number of carbonyl (C=O) groups is 1. The highest BCUT2D eigenvalue weighted by Crippen LogP contribution is 2.34. The van der Waals surface area contributed by atoms with Gasteiger partial charge in [-0.05, 0) is 36.2 Å². The van der Waals surface area contributed by atoms with Gasteiger partial charge in [-0.1, -0.05) is 17.7 Å². The lowest BCUT2D eigenvalue weighted by molar-refractivity contribution is -0.129. The summed E-state index contributed by atoms with van der Waals surface area (Å²) in [6, 6.07) is 6.40. The van der Waals surface area contributed by atoms with E-state index in [0.717, 1.165) is 10.9 Å². The third-order valence-electron chi connectivity index (χ3n) is 4.50. The van der Waals surface area contributed by atoms with Gasteiger partial charge in [0.1, 0.15) is 12.4 Å². The number of rotatable bonds is 5. The third kappa shape index (κ3) is 4.82. The number of nitrogens with one attached hydrogen (secondary N) is 1. The van der Waals surface area contributed by atoms with Gasteiger partial charge in [-0.2, -0.15) is 13.2 Å². The van der Waals surface area contributed by atoms with Gasteiger partial charge >= 0.3 is 6.18 Å². The molecule has 0 aliphatic rings. The fraction of sp³-hybridized carbons (Fsp3) is 0.300. The highest BCUT2D eigenvalue weighted by atomic mass is 35.5. The summed E-state index contributed by atoms with van der Waals surface area (Å²) >= 11 is 6.26. The van der Waals surface area contributed by atoms with Crippen LogP contribution in [0.1, 0.15) is 11.1 Å². The number of hydrogen-bond acceptors (Lipinski definition) is 3. The average molecular weight is 425 g/mol. The van der Waals surface area contributed by atoms with Crippen molar-refractivity contribution in [2.24, 2.45) is 0 Å². The molecule has 9 heteroatoms. The molecule has 0 spiro atoms. The summed E-state index contributed by atoms with van der Waals surface area (Å²) in [7, 11) is 3.38. The Labute approximate surface area is 171 Å². The molecular formula is C20H20ClF3N4O. The zero-order valence-electron chi connectivity index (χ0n) is 16.1. The normalized spacial score (nSPS) is 11.7. The second-order valence-electron chi connectivity index (χ2n) is 7.01. The summed E-state index contributed by atoms with van der Waals surface area (Å²) in [6.07, 6.45) is -1.95. The molecule has 0 aliphatic carbocycles. The van der Waals surface area contributed by atoms with Gasteiger partial charge in [0.05, 0.1) is 22.6 Å². The lowest BCUT2D eigenvalue weighted by Gasteiger charge is -2.15. The predicted molar refractivity (Wildman–Crippen MR) is 108 cm³/mol. The molecule has 2 aromatic heterocycles. The minimum atomic E-state index is -4.30. The summed E-state index contributed by atoms with van der Waals surface area (Å²) in [5.41, 5.74) is 1.98. The van der Waals surface area contributed by atoms with Gasteiger partial charge < -0.3 is 14.8 Å². The molecule has 3 rings (SSSR count). The van der Waals surface area contributed by atoms with Crippen molar-refractivity contribution in [3.05, 3.63) is 52.8 Å². The van der Waals surface area contributed by atoms with Gasteiger partial charge in [-0.3, -0.25) is 4.79 Å². The Kier molecular flexibility index (Phi) is 5.75. The first-order valence-electron chi connectivity index (χ1n) is 8.82. The molecule has 1 amide bonds. The zero-order chi connectivity index (χ0) is 21.3. The average Bonchev–Trinajstić information content (AvgIpc) is 3.00. The summed E-state index contributed by atoms with van der Waals surface area (Å²) < 4.78 is 39.8. The summed E-state index contributed by atoms with van der Waals surface area (Å²) in [4.78, 5) is 17.9. The first kappa shape index (κ1) is 21.0. The van der Waals surface area contributed by atoms with E-state index in [9.17, 15) is 18.0 Å². The molecule has 0 saturated heterocycles. The standard InChI is InChI=1S/C20H20ClF3N4O/c1-12-8-13(10-20(22,23)24)9-15(21)18(12)26-19-14-5-7-28(11-17(29)27(2)3)16(14)4-6-25-19/h4-9H,10-11H2,1-3H3,(H,25,26). The van der Waals surface area contributed by atoms with Crippen LogP contribution in [0, 0.1) is 6.92 Å². The fourth-order valence-corrected chi connectivity index (χ4v) is 3.41.